The van der Waals surface area contributed by atoms with Crippen LogP contribution in [0, 0.1) is 0 Å². The normalized spacial score (nSPS) is 11.6. The minimum atomic E-state index is -0.243. The molecule has 0 saturated heterocycles. The summed E-state index contributed by atoms with van der Waals surface area (Å²) in [5, 5.41) is 5.16. The third-order valence-electron chi connectivity index (χ3n) is 4.75. The van der Waals surface area contributed by atoms with Crippen molar-refractivity contribution in [3.63, 3.8) is 0 Å². The number of hydrogen-bond donors (Lipinski definition) is 1. The van der Waals surface area contributed by atoms with E-state index >= 15 is 0 Å². The molecule has 29 heavy (non-hydrogen) atoms. The van der Waals surface area contributed by atoms with Crippen LogP contribution >= 0.6 is 11.3 Å². The van der Waals surface area contributed by atoms with E-state index in [4.69, 9.17) is 14.2 Å². The third-order valence-corrected chi connectivity index (χ3v) is 5.69. The minimum Gasteiger partial charge on any atom is -0.493 e. The number of thiophene rings is 1. The standard InChI is InChI=1S/C23H25NO4S/c1-5-15-8-10-16(11-9-15)21(20-7-6-12-29-20)24-23(25)17-13-18(26-2)22(28-4)19(14-17)27-3/h6-14,21H,5H2,1-4H3,(H,24,25)/t21-/m0/s1. The number of hydrogen-bond acceptors (Lipinski definition) is 5. The van der Waals surface area contributed by atoms with Crippen LogP contribution in [0.4, 0.5) is 0 Å². The highest BCUT2D eigenvalue weighted by atomic mass is 32.1. The summed E-state index contributed by atoms with van der Waals surface area (Å²) >= 11 is 1.61. The average molecular weight is 412 g/mol. The third kappa shape index (κ3) is 4.54. The topological polar surface area (TPSA) is 56.8 Å². The second-order valence-electron chi connectivity index (χ2n) is 6.43. The Morgan fingerprint density at radius 3 is 2.14 bits per heavy atom. The van der Waals surface area contributed by atoms with Crippen LogP contribution in [0.1, 0.15) is 39.3 Å². The van der Waals surface area contributed by atoms with Crippen molar-refractivity contribution < 1.29 is 19.0 Å². The number of aryl methyl sites for hydroxylation is 1. The first-order chi connectivity index (χ1) is 14.1. The van der Waals surface area contributed by atoms with Crippen molar-refractivity contribution in [2.75, 3.05) is 21.3 Å². The molecule has 0 aliphatic rings. The number of ether oxygens (including phenoxy) is 3. The van der Waals surface area contributed by atoms with Crippen LogP contribution in [0.15, 0.2) is 53.9 Å². The molecule has 0 bridgehead atoms. The molecule has 3 aromatic rings. The van der Waals surface area contributed by atoms with Crippen molar-refractivity contribution in [1.29, 1.82) is 0 Å². The molecule has 0 radical (unpaired) electrons. The first-order valence-corrected chi connectivity index (χ1v) is 10.2. The number of amides is 1. The quantitative estimate of drug-likeness (QED) is 0.575. The van der Waals surface area contributed by atoms with Gasteiger partial charge in [-0.1, -0.05) is 37.3 Å². The Labute approximate surface area is 175 Å². The molecule has 1 aromatic heterocycles. The molecule has 2 aromatic carbocycles. The summed E-state index contributed by atoms with van der Waals surface area (Å²) in [6.07, 6.45) is 0.974. The van der Waals surface area contributed by atoms with Gasteiger partial charge in [0, 0.05) is 10.4 Å². The Morgan fingerprint density at radius 2 is 1.66 bits per heavy atom. The SMILES string of the molecule is CCc1ccc([C@H](NC(=O)c2cc(OC)c(OC)c(OC)c2)c2cccs2)cc1. The van der Waals surface area contributed by atoms with Crippen LogP contribution in [-0.2, 0) is 6.42 Å². The molecule has 0 unspecified atom stereocenters. The molecule has 6 heteroatoms. The molecular weight excluding hydrogens is 386 g/mol. The number of carbonyl (C=O) groups excluding carboxylic acids is 1. The molecule has 1 amide bonds. The zero-order chi connectivity index (χ0) is 20.8. The summed E-state index contributed by atoms with van der Waals surface area (Å²) < 4.78 is 16.1. The van der Waals surface area contributed by atoms with E-state index in [1.165, 1.54) is 26.9 Å². The summed E-state index contributed by atoms with van der Waals surface area (Å²) in [7, 11) is 4.60. The van der Waals surface area contributed by atoms with Crippen LogP contribution in [0.2, 0.25) is 0 Å². The van der Waals surface area contributed by atoms with Crippen LogP contribution in [0.5, 0.6) is 17.2 Å². The highest BCUT2D eigenvalue weighted by Gasteiger charge is 2.22. The summed E-state index contributed by atoms with van der Waals surface area (Å²) in [5.74, 6) is 1.12. The van der Waals surface area contributed by atoms with Gasteiger partial charge in [0.2, 0.25) is 5.75 Å². The van der Waals surface area contributed by atoms with E-state index < -0.39 is 0 Å². The summed E-state index contributed by atoms with van der Waals surface area (Å²) in [4.78, 5) is 14.2. The van der Waals surface area contributed by atoms with Crippen LogP contribution in [0.25, 0.3) is 0 Å². The molecule has 1 heterocycles. The zero-order valence-electron chi connectivity index (χ0n) is 17.0. The lowest BCUT2D eigenvalue weighted by Crippen LogP contribution is -2.29. The van der Waals surface area contributed by atoms with E-state index in [9.17, 15) is 4.79 Å². The van der Waals surface area contributed by atoms with E-state index in [0.29, 0.717) is 22.8 Å². The van der Waals surface area contributed by atoms with Crippen molar-refractivity contribution in [3.05, 3.63) is 75.5 Å². The van der Waals surface area contributed by atoms with Crippen molar-refractivity contribution in [3.8, 4) is 17.2 Å². The highest BCUT2D eigenvalue weighted by molar-refractivity contribution is 7.10. The molecule has 0 spiro atoms. The van der Waals surface area contributed by atoms with Crippen LogP contribution in [-0.4, -0.2) is 27.2 Å². The number of rotatable bonds is 8. The highest BCUT2D eigenvalue weighted by Crippen LogP contribution is 2.38. The second kappa shape index (κ2) is 9.47. The van der Waals surface area contributed by atoms with Crippen LogP contribution < -0.4 is 19.5 Å². The molecular formula is C23H25NO4S. The van der Waals surface area contributed by atoms with Gasteiger partial charge in [0.05, 0.1) is 27.4 Å². The van der Waals surface area contributed by atoms with E-state index in [1.807, 2.05) is 17.5 Å². The molecule has 1 N–H and O–H groups in total. The number of benzene rings is 2. The fourth-order valence-corrected chi connectivity index (χ4v) is 3.95. The number of nitrogens with one attached hydrogen (secondary N) is 1. The Hall–Kier alpha value is -2.99. The Morgan fingerprint density at radius 1 is 1.00 bits per heavy atom. The van der Waals surface area contributed by atoms with Gasteiger partial charge in [0.15, 0.2) is 11.5 Å². The number of methoxy groups -OCH3 is 3. The van der Waals surface area contributed by atoms with Gasteiger partial charge in [-0.2, -0.15) is 0 Å². The first kappa shape index (κ1) is 20.7. The van der Waals surface area contributed by atoms with Gasteiger partial charge in [0.25, 0.3) is 5.91 Å². The van der Waals surface area contributed by atoms with E-state index in [2.05, 4.69) is 36.5 Å². The molecule has 152 valence electrons. The average Bonchev–Trinajstić information content (AvgIpc) is 3.30. The molecule has 0 saturated carbocycles. The lowest BCUT2D eigenvalue weighted by Gasteiger charge is -2.20. The van der Waals surface area contributed by atoms with Crippen molar-refractivity contribution >= 4 is 17.2 Å². The van der Waals surface area contributed by atoms with Crippen molar-refractivity contribution in [2.45, 2.75) is 19.4 Å². The van der Waals surface area contributed by atoms with Crippen LogP contribution in [0.3, 0.4) is 0 Å². The lowest BCUT2D eigenvalue weighted by molar-refractivity contribution is 0.0942. The maximum atomic E-state index is 13.1. The Kier molecular flexibility index (Phi) is 6.77. The molecule has 3 rings (SSSR count). The van der Waals surface area contributed by atoms with E-state index in [1.54, 1.807) is 23.5 Å². The fourth-order valence-electron chi connectivity index (χ4n) is 3.15. The van der Waals surface area contributed by atoms with Gasteiger partial charge in [-0.15, -0.1) is 11.3 Å². The molecule has 0 aliphatic carbocycles. The minimum absolute atomic E-state index is 0.220. The van der Waals surface area contributed by atoms with Crippen molar-refractivity contribution in [2.24, 2.45) is 0 Å². The van der Waals surface area contributed by atoms with Gasteiger partial charge in [-0.3, -0.25) is 4.79 Å². The zero-order valence-corrected chi connectivity index (χ0v) is 17.8. The predicted molar refractivity (Wildman–Crippen MR) is 116 cm³/mol. The van der Waals surface area contributed by atoms with Crippen molar-refractivity contribution in [1.82, 2.24) is 5.32 Å². The summed E-state index contributed by atoms with van der Waals surface area (Å²) in [6, 6.07) is 15.4. The molecule has 0 fully saturated rings. The van der Waals surface area contributed by atoms with Gasteiger partial charge in [-0.25, -0.2) is 0 Å². The number of carbonyl (C=O) groups is 1. The van der Waals surface area contributed by atoms with Gasteiger partial charge in [0.1, 0.15) is 0 Å². The maximum Gasteiger partial charge on any atom is 0.252 e. The summed E-state index contributed by atoms with van der Waals surface area (Å²) in [5.41, 5.74) is 2.73. The largest absolute Gasteiger partial charge is 0.493 e. The Balaban J connectivity index is 1.94. The van der Waals surface area contributed by atoms with Gasteiger partial charge < -0.3 is 19.5 Å². The van der Waals surface area contributed by atoms with E-state index in [-0.39, 0.29) is 11.9 Å². The second-order valence-corrected chi connectivity index (χ2v) is 7.41. The predicted octanol–water partition coefficient (Wildman–Crippen LogP) is 4.86. The summed E-state index contributed by atoms with van der Waals surface area (Å²) in [6.45, 7) is 2.12. The monoisotopic (exact) mass is 411 g/mol. The lowest BCUT2D eigenvalue weighted by atomic mass is 10.0. The first-order valence-electron chi connectivity index (χ1n) is 9.34. The Bertz CT molecular complexity index is 927. The van der Waals surface area contributed by atoms with Gasteiger partial charge in [-0.05, 0) is 41.1 Å². The molecule has 1 atom stereocenters. The fraction of sp³-hybridized carbons (Fsp3) is 0.261. The molecule has 0 aliphatic heterocycles. The molecule has 5 nitrogen and oxygen atoms in total. The smallest absolute Gasteiger partial charge is 0.252 e. The maximum absolute atomic E-state index is 13.1. The van der Waals surface area contributed by atoms with Gasteiger partial charge >= 0.3 is 0 Å². The van der Waals surface area contributed by atoms with E-state index in [0.717, 1.165) is 16.9 Å².